The third kappa shape index (κ3) is 3.01. The van der Waals surface area contributed by atoms with E-state index in [9.17, 15) is 0 Å². The van der Waals surface area contributed by atoms with Crippen molar-refractivity contribution in [3.05, 3.63) is 57.3 Å². The van der Waals surface area contributed by atoms with Gasteiger partial charge < -0.3 is 5.73 Å². The largest absolute Gasteiger partial charge is 0.330 e. The molecule has 2 rings (SSSR count). The Morgan fingerprint density at radius 3 is 2.44 bits per heavy atom. The van der Waals surface area contributed by atoms with Crippen LogP contribution in [0.15, 0.2) is 36.4 Å². The van der Waals surface area contributed by atoms with Gasteiger partial charge in [-0.15, -0.1) is 11.3 Å². The fourth-order valence-electron chi connectivity index (χ4n) is 2.33. The molecule has 18 heavy (non-hydrogen) atoms. The van der Waals surface area contributed by atoms with Gasteiger partial charge >= 0.3 is 0 Å². The van der Waals surface area contributed by atoms with Gasteiger partial charge in [0.15, 0.2) is 0 Å². The maximum atomic E-state index is 5.97. The molecule has 2 aromatic rings. The van der Waals surface area contributed by atoms with Crippen LogP contribution in [0.3, 0.4) is 0 Å². The predicted molar refractivity (Wildman–Crippen MR) is 80.4 cm³/mol. The van der Waals surface area contributed by atoms with Crippen molar-refractivity contribution in [3.63, 3.8) is 0 Å². The van der Waals surface area contributed by atoms with Crippen LogP contribution in [-0.4, -0.2) is 6.54 Å². The summed E-state index contributed by atoms with van der Waals surface area (Å²) >= 11 is 1.92. The van der Waals surface area contributed by atoms with Crippen LogP contribution in [0, 0.1) is 6.92 Å². The highest BCUT2D eigenvalue weighted by Gasteiger charge is 2.13. The fourth-order valence-corrected chi connectivity index (χ4v) is 3.37. The fraction of sp³-hybridized carbons (Fsp3) is 0.375. The van der Waals surface area contributed by atoms with Crippen LogP contribution >= 0.6 is 11.3 Å². The molecule has 1 aromatic carbocycles. The van der Waals surface area contributed by atoms with Gasteiger partial charge in [0.05, 0.1) is 0 Å². The first-order valence-corrected chi connectivity index (χ1v) is 7.39. The molecule has 0 radical (unpaired) electrons. The van der Waals surface area contributed by atoms with E-state index < -0.39 is 0 Å². The third-order valence-electron chi connectivity index (χ3n) is 3.43. The number of hydrogen-bond acceptors (Lipinski definition) is 2. The monoisotopic (exact) mass is 259 g/mol. The third-order valence-corrected chi connectivity index (χ3v) is 4.68. The molecule has 0 saturated carbocycles. The average molecular weight is 259 g/mol. The van der Waals surface area contributed by atoms with E-state index in [0.717, 1.165) is 12.8 Å². The van der Waals surface area contributed by atoms with Gasteiger partial charge in [-0.2, -0.15) is 0 Å². The summed E-state index contributed by atoms with van der Waals surface area (Å²) in [5.41, 5.74) is 8.71. The molecule has 0 bridgehead atoms. The maximum Gasteiger partial charge on any atom is 0.00547 e. The van der Waals surface area contributed by atoms with Gasteiger partial charge in [0.1, 0.15) is 0 Å². The summed E-state index contributed by atoms with van der Waals surface area (Å²) in [5, 5.41) is 0. The first-order chi connectivity index (χ1) is 8.74. The first kappa shape index (κ1) is 13.3. The second-order valence-electron chi connectivity index (χ2n) is 4.71. The van der Waals surface area contributed by atoms with E-state index in [2.05, 4.69) is 50.2 Å². The molecule has 1 heterocycles. The van der Waals surface area contributed by atoms with E-state index in [-0.39, 0.29) is 0 Å². The Morgan fingerprint density at radius 2 is 1.83 bits per heavy atom. The molecule has 0 aliphatic carbocycles. The molecule has 0 amide bonds. The molecule has 0 aliphatic heterocycles. The molecule has 0 spiro atoms. The molecule has 2 heteroatoms. The highest BCUT2D eigenvalue weighted by Crippen LogP contribution is 2.26. The number of aryl methyl sites for hydroxylation is 2. The SMILES string of the molecule is CCc1ccc(CC(CN)c2ccccc2C)s1. The quantitative estimate of drug-likeness (QED) is 0.865. The topological polar surface area (TPSA) is 26.0 Å². The van der Waals surface area contributed by atoms with Gasteiger partial charge in [-0.25, -0.2) is 0 Å². The van der Waals surface area contributed by atoms with Gasteiger partial charge in [0.2, 0.25) is 0 Å². The Balaban J connectivity index is 2.17. The van der Waals surface area contributed by atoms with Crippen molar-refractivity contribution in [1.29, 1.82) is 0 Å². The van der Waals surface area contributed by atoms with Crippen molar-refractivity contribution in [3.8, 4) is 0 Å². The summed E-state index contributed by atoms with van der Waals surface area (Å²) in [6.45, 7) is 5.09. The van der Waals surface area contributed by atoms with Crippen molar-refractivity contribution < 1.29 is 0 Å². The Bertz CT molecular complexity index is 501. The number of rotatable bonds is 5. The molecule has 2 N–H and O–H groups in total. The van der Waals surface area contributed by atoms with Crippen LogP contribution in [0.5, 0.6) is 0 Å². The van der Waals surface area contributed by atoms with E-state index >= 15 is 0 Å². The number of benzene rings is 1. The van der Waals surface area contributed by atoms with E-state index in [1.165, 1.54) is 20.9 Å². The molecular weight excluding hydrogens is 238 g/mol. The molecule has 0 saturated heterocycles. The van der Waals surface area contributed by atoms with Crippen LogP contribution in [0.4, 0.5) is 0 Å². The van der Waals surface area contributed by atoms with Crippen molar-refractivity contribution in [2.45, 2.75) is 32.6 Å². The van der Waals surface area contributed by atoms with Crippen molar-refractivity contribution in [2.75, 3.05) is 6.54 Å². The molecule has 1 atom stereocenters. The lowest BCUT2D eigenvalue weighted by molar-refractivity contribution is 0.696. The molecule has 1 aromatic heterocycles. The summed E-state index contributed by atoms with van der Waals surface area (Å²) < 4.78 is 0. The zero-order valence-electron chi connectivity index (χ0n) is 11.1. The van der Waals surface area contributed by atoms with Gasteiger partial charge in [0.25, 0.3) is 0 Å². The lowest BCUT2D eigenvalue weighted by atomic mass is 9.91. The highest BCUT2D eigenvalue weighted by atomic mass is 32.1. The number of nitrogens with two attached hydrogens (primary N) is 1. The molecular formula is C16H21NS. The summed E-state index contributed by atoms with van der Waals surface area (Å²) in [5.74, 6) is 0.439. The zero-order valence-corrected chi connectivity index (χ0v) is 12.0. The van der Waals surface area contributed by atoms with Crippen molar-refractivity contribution >= 4 is 11.3 Å². The van der Waals surface area contributed by atoms with E-state index in [1.54, 1.807) is 0 Å². The standard InChI is InChI=1S/C16H21NS/c1-3-14-8-9-15(18-14)10-13(11-17)16-7-5-4-6-12(16)2/h4-9,13H,3,10-11,17H2,1-2H3. The van der Waals surface area contributed by atoms with E-state index in [1.807, 2.05) is 11.3 Å². The smallest absolute Gasteiger partial charge is 0.00547 e. The highest BCUT2D eigenvalue weighted by molar-refractivity contribution is 7.11. The second-order valence-corrected chi connectivity index (χ2v) is 5.97. The van der Waals surface area contributed by atoms with Gasteiger partial charge in [0, 0.05) is 15.7 Å². The lowest BCUT2D eigenvalue weighted by Gasteiger charge is -2.16. The lowest BCUT2D eigenvalue weighted by Crippen LogP contribution is -2.15. The van der Waals surface area contributed by atoms with Crippen LogP contribution < -0.4 is 5.73 Å². The molecule has 1 nitrogen and oxygen atoms in total. The van der Waals surface area contributed by atoms with Gasteiger partial charge in [-0.1, -0.05) is 31.2 Å². The Labute approximate surface area is 114 Å². The van der Waals surface area contributed by atoms with E-state index in [0.29, 0.717) is 12.5 Å². The van der Waals surface area contributed by atoms with Crippen LogP contribution in [0.25, 0.3) is 0 Å². The molecule has 1 unspecified atom stereocenters. The number of thiophene rings is 1. The minimum atomic E-state index is 0.439. The molecule has 96 valence electrons. The zero-order chi connectivity index (χ0) is 13.0. The minimum absolute atomic E-state index is 0.439. The summed E-state index contributed by atoms with van der Waals surface area (Å²) in [6.07, 6.45) is 2.19. The van der Waals surface area contributed by atoms with Gasteiger partial charge in [-0.3, -0.25) is 0 Å². The summed E-state index contributed by atoms with van der Waals surface area (Å²) in [7, 11) is 0. The predicted octanol–water partition coefficient (Wildman–Crippen LogP) is 3.90. The van der Waals surface area contributed by atoms with Gasteiger partial charge in [-0.05, 0) is 49.6 Å². The Kier molecular flexibility index (Phi) is 4.56. The van der Waals surface area contributed by atoms with E-state index in [4.69, 9.17) is 5.73 Å². The minimum Gasteiger partial charge on any atom is -0.330 e. The Morgan fingerprint density at radius 1 is 1.11 bits per heavy atom. The second kappa shape index (κ2) is 6.17. The molecule has 0 fully saturated rings. The summed E-state index contributed by atoms with van der Waals surface area (Å²) in [4.78, 5) is 2.91. The Hall–Kier alpha value is -1.12. The molecule has 0 aliphatic rings. The summed E-state index contributed by atoms with van der Waals surface area (Å²) in [6, 6.07) is 13.1. The average Bonchev–Trinajstić information content (AvgIpc) is 2.85. The normalized spacial score (nSPS) is 12.6. The maximum absolute atomic E-state index is 5.97. The van der Waals surface area contributed by atoms with Crippen molar-refractivity contribution in [2.24, 2.45) is 5.73 Å². The first-order valence-electron chi connectivity index (χ1n) is 6.57. The van der Waals surface area contributed by atoms with Crippen molar-refractivity contribution in [1.82, 2.24) is 0 Å². The van der Waals surface area contributed by atoms with Crippen LogP contribution in [-0.2, 0) is 12.8 Å². The van der Waals surface area contributed by atoms with Crippen LogP contribution in [0.1, 0.15) is 33.7 Å². The van der Waals surface area contributed by atoms with Crippen LogP contribution in [0.2, 0.25) is 0 Å². The number of hydrogen-bond donors (Lipinski definition) is 1.